The van der Waals surface area contributed by atoms with E-state index in [1.54, 1.807) is 14.2 Å². The Labute approximate surface area is 203 Å². The molecule has 2 N–H and O–H groups in total. The summed E-state index contributed by atoms with van der Waals surface area (Å²) < 4.78 is 16.5. The third-order valence-corrected chi connectivity index (χ3v) is 4.60. The number of ether oxygens (including phenoxy) is 3. The number of benzene rings is 2. The molecule has 0 aromatic heterocycles. The lowest BCUT2D eigenvalue weighted by Crippen LogP contribution is -2.36. The van der Waals surface area contributed by atoms with Crippen molar-refractivity contribution in [1.29, 1.82) is 0 Å². The Morgan fingerprint density at radius 1 is 0.968 bits per heavy atom. The molecule has 0 aliphatic rings. The largest absolute Gasteiger partial charge is 0.493 e. The van der Waals surface area contributed by atoms with Gasteiger partial charge in [-0.15, -0.1) is 24.0 Å². The molecular weight excluding hydrogens is 505 g/mol. The van der Waals surface area contributed by atoms with Crippen LogP contribution in [0.3, 0.4) is 0 Å². The number of methoxy groups -OCH3 is 1. The lowest BCUT2D eigenvalue weighted by Gasteiger charge is -2.16. The van der Waals surface area contributed by atoms with Gasteiger partial charge in [0.2, 0.25) is 0 Å². The second kappa shape index (κ2) is 15.9. The Bertz CT molecular complexity index is 782. The summed E-state index contributed by atoms with van der Waals surface area (Å²) in [6, 6.07) is 14.7. The quantitative estimate of drug-likeness (QED) is 0.180. The van der Waals surface area contributed by atoms with Crippen LogP contribution in [0.25, 0.3) is 0 Å². The number of guanidine groups is 1. The predicted octanol–water partition coefficient (Wildman–Crippen LogP) is 4.43. The van der Waals surface area contributed by atoms with Gasteiger partial charge in [-0.05, 0) is 36.6 Å². The van der Waals surface area contributed by atoms with E-state index in [9.17, 15) is 0 Å². The fourth-order valence-corrected chi connectivity index (χ4v) is 2.89. The fraction of sp³-hybridized carbons (Fsp3) is 0.458. The summed E-state index contributed by atoms with van der Waals surface area (Å²) in [5, 5.41) is 6.73. The molecule has 2 aromatic rings. The lowest BCUT2D eigenvalue weighted by molar-refractivity contribution is 0.134. The standard InChI is InChI=1S/C24H35N3O3.HI/c1-5-29-18-21-10-8-20(9-11-21)16-26-24(25-3)27-17-22-12-7-19(2)15-23(22)30-14-6-13-28-4;/h7-12,15H,5-6,13-14,16-18H2,1-4H3,(H2,25,26,27);1H. The van der Waals surface area contributed by atoms with E-state index < -0.39 is 0 Å². The summed E-state index contributed by atoms with van der Waals surface area (Å²) in [5.74, 6) is 1.65. The van der Waals surface area contributed by atoms with Crippen LogP contribution in [-0.2, 0) is 29.2 Å². The van der Waals surface area contributed by atoms with E-state index in [2.05, 4.69) is 65.0 Å². The van der Waals surface area contributed by atoms with E-state index in [0.717, 1.165) is 30.3 Å². The molecule has 0 saturated heterocycles. The zero-order valence-corrected chi connectivity index (χ0v) is 21.4. The van der Waals surface area contributed by atoms with Crippen LogP contribution >= 0.6 is 24.0 Å². The molecular formula is C24H36IN3O3. The molecule has 0 saturated carbocycles. The molecule has 0 radical (unpaired) electrons. The maximum absolute atomic E-state index is 5.96. The molecule has 2 rings (SSSR count). The maximum atomic E-state index is 5.96. The normalized spacial score (nSPS) is 11.0. The van der Waals surface area contributed by atoms with Gasteiger partial charge in [-0.2, -0.15) is 0 Å². The van der Waals surface area contributed by atoms with Crippen LogP contribution in [0.15, 0.2) is 47.5 Å². The van der Waals surface area contributed by atoms with Gasteiger partial charge in [0.05, 0.1) is 13.2 Å². The minimum absolute atomic E-state index is 0. The van der Waals surface area contributed by atoms with Crippen molar-refractivity contribution in [2.45, 2.75) is 40.0 Å². The van der Waals surface area contributed by atoms with Gasteiger partial charge < -0.3 is 24.8 Å². The molecule has 0 heterocycles. The smallest absolute Gasteiger partial charge is 0.191 e. The van der Waals surface area contributed by atoms with Gasteiger partial charge in [0.25, 0.3) is 0 Å². The van der Waals surface area contributed by atoms with Crippen molar-refractivity contribution in [1.82, 2.24) is 10.6 Å². The summed E-state index contributed by atoms with van der Waals surface area (Å²) in [6.45, 7) is 8.12. The van der Waals surface area contributed by atoms with Crippen LogP contribution < -0.4 is 15.4 Å². The monoisotopic (exact) mass is 541 g/mol. The molecule has 0 atom stereocenters. The van der Waals surface area contributed by atoms with Crippen LogP contribution in [0.5, 0.6) is 5.75 Å². The Kier molecular flexibility index (Phi) is 13.9. The van der Waals surface area contributed by atoms with Crippen molar-refractivity contribution in [3.8, 4) is 5.75 Å². The first kappa shape index (κ1) is 27.2. The molecule has 0 spiro atoms. The highest BCUT2D eigenvalue weighted by Crippen LogP contribution is 2.20. The number of nitrogens with one attached hydrogen (secondary N) is 2. The van der Waals surface area contributed by atoms with Gasteiger partial charge in [0.15, 0.2) is 5.96 Å². The molecule has 6 nitrogen and oxygen atoms in total. The number of hydrogen-bond acceptors (Lipinski definition) is 4. The molecule has 0 unspecified atom stereocenters. The number of aliphatic imine (C=N–C) groups is 1. The summed E-state index contributed by atoms with van der Waals surface area (Å²) in [5.41, 5.74) is 4.65. The van der Waals surface area contributed by atoms with E-state index in [0.29, 0.717) is 32.9 Å². The lowest BCUT2D eigenvalue weighted by atomic mass is 10.1. The first-order chi connectivity index (χ1) is 14.7. The Hall–Kier alpha value is -1.84. The molecule has 0 aliphatic carbocycles. The average molecular weight is 541 g/mol. The van der Waals surface area contributed by atoms with Crippen molar-refractivity contribution in [3.05, 3.63) is 64.7 Å². The summed E-state index contributed by atoms with van der Waals surface area (Å²) in [7, 11) is 3.48. The Morgan fingerprint density at radius 3 is 2.35 bits per heavy atom. The maximum Gasteiger partial charge on any atom is 0.191 e. The van der Waals surface area contributed by atoms with Crippen LogP contribution in [0.1, 0.15) is 35.6 Å². The highest BCUT2D eigenvalue weighted by atomic mass is 127. The van der Waals surface area contributed by atoms with Crippen molar-refractivity contribution >= 4 is 29.9 Å². The molecule has 0 bridgehead atoms. The van der Waals surface area contributed by atoms with Crippen molar-refractivity contribution in [3.63, 3.8) is 0 Å². The van der Waals surface area contributed by atoms with Crippen molar-refractivity contribution in [2.75, 3.05) is 34.0 Å². The van der Waals surface area contributed by atoms with E-state index in [1.807, 2.05) is 6.92 Å². The number of aryl methyl sites for hydroxylation is 1. The number of hydrogen-bond donors (Lipinski definition) is 2. The predicted molar refractivity (Wildman–Crippen MR) is 137 cm³/mol. The first-order valence-corrected chi connectivity index (χ1v) is 10.5. The number of halogens is 1. The van der Waals surface area contributed by atoms with Crippen LogP contribution in [0.2, 0.25) is 0 Å². The summed E-state index contributed by atoms with van der Waals surface area (Å²) in [4.78, 5) is 4.33. The van der Waals surface area contributed by atoms with Gasteiger partial charge in [0.1, 0.15) is 5.75 Å². The minimum atomic E-state index is 0. The van der Waals surface area contributed by atoms with Gasteiger partial charge in [-0.1, -0.05) is 36.4 Å². The van der Waals surface area contributed by atoms with E-state index in [1.165, 1.54) is 16.7 Å². The second-order valence-electron chi connectivity index (χ2n) is 7.04. The van der Waals surface area contributed by atoms with Gasteiger partial charge in [-0.25, -0.2) is 0 Å². The molecule has 31 heavy (non-hydrogen) atoms. The van der Waals surface area contributed by atoms with Gasteiger partial charge >= 0.3 is 0 Å². The van der Waals surface area contributed by atoms with Crippen LogP contribution in [-0.4, -0.2) is 39.9 Å². The van der Waals surface area contributed by atoms with E-state index in [-0.39, 0.29) is 24.0 Å². The zero-order chi connectivity index (χ0) is 21.6. The highest BCUT2D eigenvalue weighted by molar-refractivity contribution is 14.0. The van der Waals surface area contributed by atoms with Crippen LogP contribution in [0.4, 0.5) is 0 Å². The van der Waals surface area contributed by atoms with Crippen LogP contribution in [0, 0.1) is 6.92 Å². The first-order valence-electron chi connectivity index (χ1n) is 10.5. The van der Waals surface area contributed by atoms with Gasteiger partial charge in [0, 0.05) is 52.4 Å². The third kappa shape index (κ3) is 10.3. The van der Waals surface area contributed by atoms with Crippen molar-refractivity contribution < 1.29 is 14.2 Å². The molecule has 172 valence electrons. The summed E-state index contributed by atoms with van der Waals surface area (Å²) in [6.07, 6.45) is 0.865. The van der Waals surface area contributed by atoms with E-state index in [4.69, 9.17) is 14.2 Å². The van der Waals surface area contributed by atoms with Crippen molar-refractivity contribution in [2.24, 2.45) is 4.99 Å². The molecule has 2 aromatic carbocycles. The zero-order valence-electron chi connectivity index (χ0n) is 19.1. The molecule has 7 heteroatoms. The minimum Gasteiger partial charge on any atom is -0.493 e. The summed E-state index contributed by atoms with van der Waals surface area (Å²) >= 11 is 0. The molecule has 0 amide bonds. The fourth-order valence-electron chi connectivity index (χ4n) is 2.89. The Morgan fingerprint density at radius 2 is 1.68 bits per heavy atom. The van der Waals surface area contributed by atoms with E-state index >= 15 is 0 Å². The topological polar surface area (TPSA) is 64.1 Å². The second-order valence-corrected chi connectivity index (χ2v) is 7.04. The molecule has 0 fully saturated rings. The SMILES string of the molecule is CCOCc1ccc(CNC(=NC)NCc2ccc(C)cc2OCCCOC)cc1.I. The number of rotatable bonds is 12. The number of nitrogens with zero attached hydrogens (tertiary/aromatic N) is 1. The molecule has 0 aliphatic heterocycles. The third-order valence-electron chi connectivity index (χ3n) is 4.60. The highest BCUT2D eigenvalue weighted by Gasteiger charge is 2.06. The van der Waals surface area contributed by atoms with Gasteiger partial charge in [-0.3, -0.25) is 4.99 Å². The average Bonchev–Trinajstić information content (AvgIpc) is 2.77. The Balaban J connectivity index is 0.00000480.